The van der Waals surface area contributed by atoms with Crippen molar-refractivity contribution in [2.45, 2.75) is 43.0 Å². The minimum absolute atomic E-state index is 0.0238. The van der Waals surface area contributed by atoms with Crippen LogP contribution in [0.5, 0.6) is 5.75 Å². The first-order valence-electron chi connectivity index (χ1n) is 7.40. The van der Waals surface area contributed by atoms with Crippen molar-refractivity contribution in [2.75, 3.05) is 14.2 Å². The lowest BCUT2D eigenvalue weighted by Gasteiger charge is -2.22. The van der Waals surface area contributed by atoms with Gasteiger partial charge in [-0.3, -0.25) is 4.79 Å². The number of ether oxygens (including phenoxy) is 1. The number of hydrogen-bond donors (Lipinski definition) is 2. The number of methoxy groups -OCH3 is 1. The number of benzene rings is 1. The van der Waals surface area contributed by atoms with Crippen molar-refractivity contribution >= 4 is 15.9 Å². The highest BCUT2D eigenvalue weighted by atomic mass is 32.2. The Morgan fingerprint density at radius 2 is 1.91 bits per heavy atom. The van der Waals surface area contributed by atoms with Crippen LogP contribution in [0.15, 0.2) is 23.1 Å². The van der Waals surface area contributed by atoms with Crippen molar-refractivity contribution in [2.24, 2.45) is 0 Å². The third-order valence-corrected chi connectivity index (χ3v) is 5.40. The second kappa shape index (κ2) is 7.11. The smallest absolute Gasteiger partial charge is 0.254 e. The zero-order valence-electron chi connectivity index (χ0n) is 12.9. The number of nitrogens with one attached hydrogen (secondary N) is 2. The van der Waals surface area contributed by atoms with Crippen molar-refractivity contribution in [3.8, 4) is 5.75 Å². The van der Waals surface area contributed by atoms with Gasteiger partial charge in [0.1, 0.15) is 5.75 Å². The molecular formula is C15H22N2O4S. The van der Waals surface area contributed by atoms with Gasteiger partial charge in [-0.15, -0.1) is 0 Å². The molecule has 2 rings (SSSR count). The number of carbonyl (C=O) groups excluding carboxylic acids is 1. The normalized spacial score (nSPS) is 16.3. The molecule has 0 unspecified atom stereocenters. The summed E-state index contributed by atoms with van der Waals surface area (Å²) < 4.78 is 32.8. The summed E-state index contributed by atoms with van der Waals surface area (Å²) in [4.78, 5) is 11.9. The Hall–Kier alpha value is -1.60. The van der Waals surface area contributed by atoms with E-state index in [1.807, 2.05) is 0 Å². The summed E-state index contributed by atoms with van der Waals surface area (Å²) in [7, 11) is -0.705. The average molecular weight is 326 g/mol. The fourth-order valence-corrected chi connectivity index (χ4v) is 4.01. The fraction of sp³-hybridized carbons (Fsp3) is 0.533. The zero-order chi connectivity index (χ0) is 16.2. The molecule has 7 heteroatoms. The van der Waals surface area contributed by atoms with E-state index >= 15 is 0 Å². The van der Waals surface area contributed by atoms with Gasteiger partial charge in [0.15, 0.2) is 0 Å². The molecular weight excluding hydrogens is 304 g/mol. The van der Waals surface area contributed by atoms with E-state index in [1.54, 1.807) is 0 Å². The number of carbonyl (C=O) groups is 1. The summed E-state index contributed by atoms with van der Waals surface area (Å²) in [5, 5.41) is 2.48. The molecule has 1 fully saturated rings. The van der Waals surface area contributed by atoms with Crippen LogP contribution in [0.3, 0.4) is 0 Å². The molecule has 6 nitrogen and oxygen atoms in total. The topological polar surface area (TPSA) is 84.5 Å². The van der Waals surface area contributed by atoms with Crippen LogP contribution in [0.25, 0.3) is 0 Å². The SMILES string of the molecule is CNC(=O)c1cc(S(=O)(=O)NC2CCCCC2)ccc1OC. The van der Waals surface area contributed by atoms with Gasteiger partial charge in [-0.25, -0.2) is 13.1 Å². The average Bonchev–Trinajstić information content (AvgIpc) is 2.54. The van der Waals surface area contributed by atoms with Crippen LogP contribution < -0.4 is 14.8 Å². The Morgan fingerprint density at radius 3 is 2.50 bits per heavy atom. The second-order valence-electron chi connectivity index (χ2n) is 5.40. The van der Waals surface area contributed by atoms with Gasteiger partial charge in [0.25, 0.3) is 5.91 Å². The molecule has 0 atom stereocenters. The van der Waals surface area contributed by atoms with Crippen molar-refractivity contribution in [1.29, 1.82) is 0 Å². The molecule has 2 N–H and O–H groups in total. The van der Waals surface area contributed by atoms with Gasteiger partial charge in [0.2, 0.25) is 10.0 Å². The van der Waals surface area contributed by atoms with E-state index in [4.69, 9.17) is 4.74 Å². The summed E-state index contributed by atoms with van der Waals surface area (Å²) in [6.45, 7) is 0. The van der Waals surface area contributed by atoms with Crippen LogP contribution in [0.1, 0.15) is 42.5 Å². The van der Waals surface area contributed by atoms with Crippen LogP contribution >= 0.6 is 0 Å². The van der Waals surface area contributed by atoms with Crippen molar-refractivity contribution in [3.05, 3.63) is 23.8 Å². The molecule has 0 bridgehead atoms. The number of amides is 1. The standard InChI is InChI=1S/C15H22N2O4S/c1-16-15(18)13-10-12(8-9-14(13)21-2)22(19,20)17-11-6-4-3-5-7-11/h8-11,17H,3-7H2,1-2H3,(H,16,18). The highest BCUT2D eigenvalue weighted by Gasteiger charge is 2.23. The van der Waals surface area contributed by atoms with Gasteiger partial charge < -0.3 is 10.1 Å². The summed E-state index contributed by atoms with van der Waals surface area (Å²) in [5.74, 6) is -0.0393. The number of rotatable bonds is 5. The lowest BCUT2D eigenvalue weighted by molar-refractivity contribution is 0.0960. The first-order valence-corrected chi connectivity index (χ1v) is 8.88. The fourth-order valence-electron chi connectivity index (χ4n) is 2.67. The van der Waals surface area contributed by atoms with E-state index in [1.165, 1.54) is 32.4 Å². The molecule has 1 aromatic carbocycles. The Bertz CT molecular complexity index is 637. The molecule has 122 valence electrons. The van der Waals surface area contributed by atoms with Crippen LogP contribution in [0, 0.1) is 0 Å². The van der Waals surface area contributed by atoms with Gasteiger partial charge in [0.05, 0.1) is 17.6 Å². The Kier molecular flexibility index (Phi) is 5.42. The molecule has 0 saturated heterocycles. The number of sulfonamides is 1. The maximum absolute atomic E-state index is 12.5. The second-order valence-corrected chi connectivity index (χ2v) is 7.11. The zero-order valence-corrected chi connectivity index (χ0v) is 13.7. The Labute approximate surface area is 131 Å². The molecule has 22 heavy (non-hydrogen) atoms. The van der Waals surface area contributed by atoms with E-state index in [2.05, 4.69) is 10.0 Å². The molecule has 1 aromatic rings. The first kappa shape index (κ1) is 16.8. The maximum Gasteiger partial charge on any atom is 0.254 e. The molecule has 0 aromatic heterocycles. The quantitative estimate of drug-likeness (QED) is 0.862. The van der Waals surface area contributed by atoms with Crippen LogP contribution in [0.2, 0.25) is 0 Å². The van der Waals surface area contributed by atoms with E-state index in [9.17, 15) is 13.2 Å². The predicted molar refractivity (Wildman–Crippen MR) is 83.6 cm³/mol. The van der Waals surface area contributed by atoms with E-state index in [-0.39, 0.29) is 22.4 Å². The monoisotopic (exact) mass is 326 g/mol. The van der Waals surface area contributed by atoms with Gasteiger partial charge >= 0.3 is 0 Å². The molecule has 1 amide bonds. The summed E-state index contributed by atoms with van der Waals surface area (Å²) in [6, 6.07) is 4.28. The first-order chi connectivity index (χ1) is 10.5. The molecule has 0 heterocycles. The van der Waals surface area contributed by atoms with Crippen LogP contribution in [-0.4, -0.2) is 34.5 Å². The van der Waals surface area contributed by atoms with Crippen LogP contribution in [0.4, 0.5) is 0 Å². The third-order valence-electron chi connectivity index (χ3n) is 3.88. The van der Waals surface area contributed by atoms with Gasteiger partial charge in [-0.2, -0.15) is 0 Å². The highest BCUT2D eigenvalue weighted by molar-refractivity contribution is 7.89. The van der Waals surface area contributed by atoms with E-state index < -0.39 is 10.0 Å². The molecule has 1 aliphatic carbocycles. The maximum atomic E-state index is 12.5. The Morgan fingerprint density at radius 1 is 1.23 bits per heavy atom. The lowest BCUT2D eigenvalue weighted by Crippen LogP contribution is -2.36. The Balaban J connectivity index is 2.28. The van der Waals surface area contributed by atoms with Gasteiger partial charge in [-0.1, -0.05) is 19.3 Å². The van der Waals surface area contributed by atoms with Crippen molar-refractivity contribution < 1.29 is 17.9 Å². The third kappa shape index (κ3) is 3.78. The van der Waals surface area contributed by atoms with Gasteiger partial charge in [-0.05, 0) is 31.0 Å². The number of hydrogen-bond acceptors (Lipinski definition) is 4. The summed E-state index contributed by atoms with van der Waals surface area (Å²) in [6.07, 6.45) is 4.95. The molecule has 0 radical (unpaired) electrons. The minimum atomic E-state index is -3.63. The predicted octanol–water partition coefficient (Wildman–Crippen LogP) is 1.67. The molecule has 1 aliphatic rings. The molecule has 0 aliphatic heterocycles. The highest BCUT2D eigenvalue weighted by Crippen LogP contribution is 2.24. The van der Waals surface area contributed by atoms with Gasteiger partial charge in [0, 0.05) is 13.1 Å². The summed E-state index contributed by atoms with van der Waals surface area (Å²) >= 11 is 0. The van der Waals surface area contributed by atoms with E-state index in [0.717, 1.165) is 32.1 Å². The summed E-state index contributed by atoms with van der Waals surface area (Å²) in [5.41, 5.74) is 0.205. The van der Waals surface area contributed by atoms with Crippen molar-refractivity contribution in [3.63, 3.8) is 0 Å². The largest absolute Gasteiger partial charge is 0.496 e. The van der Waals surface area contributed by atoms with Crippen molar-refractivity contribution in [1.82, 2.24) is 10.0 Å². The lowest BCUT2D eigenvalue weighted by atomic mass is 9.96. The van der Waals surface area contributed by atoms with E-state index in [0.29, 0.717) is 5.75 Å². The molecule has 1 saturated carbocycles. The minimum Gasteiger partial charge on any atom is -0.496 e. The van der Waals surface area contributed by atoms with Crippen LogP contribution in [-0.2, 0) is 10.0 Å². The molecule has 0 spiro atoms.